The maximum absolute atomic E-state index is 9.18. The van der Waals surface area contributed by atoms with Crippen molar-refractivity contribution in [1.29, 1.82) is 0 Å². The van der Waals surface area contributed by atoms with Crippen LogP contribution in [0.25, 0.3) is 0 Å². The van der Waals surface area contributed by atoms with Gasteiger partial charge in [-0.05, 0) is 19.1 Å². The van der Waals surface area contributed by atoms with Crippen molar-refractivity contribution in [2.24, 2.45) is 0 Å². The van der Waals surface area contributed by atoms with E-state index in [2.05, 4.69) is 45.3 Å². The standard InChI is InChI=1S/C10H14N2.C3H6O2/c1-2-4-10(5-3-1)12-8-6-11-7-9-12;1-2-5-3-4/h1-5,11H,6-9H2;3H,2H2,1H3. The summed E-state index contributed by atoms with van der Waals surface area (Å²) in [6.45, 7) is 7.13. The van der Waals surface area contributed by atoms with E-state index in [1.807, 2.05) is 0 Å². The van der Waals surface area contributed by atoms with E-state index in [-0.39, 0.29) is 0 Å². The Balaban J connectivity index is 0.000000249. The zero-order valence-electron chi connectivity index (χ0n) is 10.3. The van der Waals surface area contributed by atoms with Crippen molar-refractivity contribution in [3.63, 3.8) is 0 Å². The minimum Gasteiger partial charge on any atom is -0.468 e. The van der Waals surface area contributed by atoms with Gasteiger partial charge in [0.1, 0.15) is 0 Å². The van der Waals surface area contributed by atoms with Gasteiger partial charge in [0.05, 0.1) is 6.61 Å². The maximum atomic E-state index is 9.18. The van der Waals surface area contributed by atoms with Crippen molar-refractivity contribution in [3.8, 4) is 0 Å². The van der Waals surface area contributed by atoms with Crippen LogP contribution in [-0.4, -0.2) is 39.3 Å². The molecule has 1 saturated heterocycles. The van der Waals surface area contributed by atoms with Crippen molar-refractivity contribution < 1.29 is 9.53 Å². The first-order valence-electron chi connectivity index (χ1n) is 5.94. The molecule has 0 spiro atoms. The summed E-state index contributed by atoms with van der Waals surface area (Å²) in [5, 5.41) is 3.34. The second-order valence-electron chi connectivity index (χ2n) is 3.62. The highest BCUT2D eigenvalue weighted by atomic mass is 16.5. The molecule has 1 aliphatic heterocycles. The molecular weight excluding hydrogens is 216 g/mol. The Labute approximate surface area is 103 Å². The smallest absolute Gasteiger partial charge is 0.293 e. The van der Waals surface area contributed by atoms with Gasteiger partial charge in [0.2, 0.25) is 0 Å². The van der Waals surface area contributed by atoms with E-state index in [1.54, 1.807) is 6.92 Å². The molecule has 0 amide bonds. The molecule has 0 aromatic heterocycles. The normalized spacial score (nSPS) is 14.5. The van der Waals surface area contributed by atoms with Gasteiger partial charge in [-0.1, -0.05) is 18.2 Å². The number of rotatable bonds is 3. The maximum Gasteiger partial charge on any atom is 0.293 e. The van der Waals surface area contributed by atoms with E-state index in [0.717, 1.165) is 26.2 Å². The number of anilines is 1. The fourth-order valence-corrected chi connectivity index (χ4v) is 1.63. The van der Waals surface area contributed by atoms with Gasteiger partial charge in [0, 0.05) is 31.9 Å². The minimum absolute atomic E-state index is 0.431. The van der Waals surface area contributed by atoms with Crippen LogP contribution in [0.1, 0.15) is 6.92 Å². The average Bonchev–Trinajstić information content (AvgIpc) is 2.42. The number of benzene rings is 1. The molecule has 4 heteroatoms. The van der Waals surface area contributed by atoms with Crippen molar-refractivity contribution in [2.75, 3.05) is 37.7 Å². The second-order valence-corrected chi connectivity index (χ2v) is 3.62. The molecule has 1 fully saturated rings. The molecule has 2 rings (SSSR count). The molecular formula is C13H20N2O2. The Morgan fingerprint density at radius 3 is 2.41 bits per heavy atom. The number of hydrogen-bond acceptors (Lipinski definition) is 4. The van der Waals surface area contributed by atoms with Crippen LogP contribution < -0.4 is 10.2 Å². The van der Waals surface area contributed by atoms with Crippen LogP contribution in [0.5, 0.6) is 0 Å². The largest absolute Gasteiger partial charge is 0.468 e. The highest BCUT2D eigenvalue weighted by Crippen LogP contribution is 2.12. The number of para-hydroxylation sites is 1. The molecule has 0 aliphatic carbocycles. The van der Waals surface area contributed by atoms with E-state index >= 15 is 0 Å². The Morgan fingerprint density at radius 1 is 1.29 bits per heavy atom. The number of carbonyl (C=O) groups is 1. The van der Waals surface area contributed by atoms with Crippen LogP contribution in [-0.2, 0) is 9.53 Å². The van der Waals surface area contributed by atoms with E-state index in [4.69, 9.17) is 0 Å². The molecule has 0 bridgehead atoms. The minimum atomic E-state index is 0.431. The van der Waals surface area contributed by atoms with E-state index in [0.29, 0.717) is 13.1 Å². The molecule has 0 atom stereocenters. The molecule has 0 saturated carbocycles. The highest BCUT2D eigenvalue weighted by Gasteiger charge is 2.08. The average molecular weight is 236 g/mol. The first-order chi connectivity index (χ1) is 8.38. The number of piperazine rings is 1. The molecule has 94 valence electrons. The quantitative estimate of drug-likeness (QED) is 0.803. The van der Waals surface area contributed by atoms with Crippen molar-refractivity contribution in [3.05, 3.63) is 30.3 Å². The third-order valence-corrected chi connectivity index (χ3v) is 2.47. The van der Waals surface area contributed by atoms with E-state index in [9.17, 15) is 4.79 Å². The van der Waals surface area contributed by atoms with Crippen molar-refractivity contribution in [1.82, 2.24) is 5.32 Å². The Hall–Kier alpha value is -1.55. The van der Waals surface area contributed by atoms with Crippen LogP contribution in [0, 0.1) is 0 Å². The fraction of sp³-hybridized carbons (Fsp3) is 0.462. The third kappa shape index (κ3) is 5.36. The Bertz CT molecular complexity index is 298. The fourth-order valence-electron chi connectivity index (χ4n) is 1.63. The first-order valence-corrected chi connectivity index (χ1v) is 5.94. The predicted octanol–water partition coefficient (Wildman–Crippen LogP) is 1.28. The van der Waals surface area contributed by atoms with Crippen molar-refractivity contribution >= 4 is 12.2 Å². The van der Waals surface area contributed by atoms with Gasteiger partial charge in [0.25, 0.3) is 6.47 Å². The first kappa shape index (κ1) is 13.5. The van der Waals surface area contributed by atoms with E-state index in [1.165, 1.54) is 5.69 Å². The molecule has 1 N–H and O–H groups in total. The third-order valence-electron chi connectivity index (χ3n) is 2.47. The van der Waals surface area contributed by atoms with Gasteiger partial charge >= 0.3 is 0 Å². The molecule has 1 aromatic carbocycles. The van der Waals surface area contributed by atoms with Crippen LogP contribution in [0.4, 0.5) is 5.69 Å². The number of hydrogen-bond donors (Lipinski definition) is 1. The summed E-state index contributed by atoms with van der Waals surface area (Å²) >= 11 is 0. The van der Waals surface area contributed by atoms with Gasteiger partial charge in [-0.15, -0.1) is 0 Å². The molecule has 4 nitrogen and oxygen atoms in total. The van der Waals surface area contributed by atoms with Crippen LogP contribution in [0.2, 0.25) is 0 Å². The molecule has 0 radical (unpaired) electrons. The number of carbonyl (C=O) groups excluding carboxylic acids is 1. The molecule has 17 heavy (non-hydrogen) atoms. The van der Waals surface area contributed by atoms with Crippen molar-refractivity contribution in [2.45, 2.75) is 6.92 Å². The Kier molecular flexibility index (Phi) is 6.82. The summed E-state index contributed by atoms with van der Waals surface area (Å²) in [6.07, 6.45) is 0. The van der Waals surface area contributed by atoms with Gasteiger partial charge in [0.15, 0.2) is 0 Å². The summed E-state index contributed by atoms with van der Waals surface area (Å²) in [6, 6.07) is 10.6. The molecule has 0 unspecified atom stereocenters. The lowest BCUT2D eigenvalue weighted by atomic mass is 10.2. The van der Waals surface area contributed by atoms with Crippen LogP contribution >= 0.6 is 0 Å². The van der Waals surface area contributed by atoms with Crippen LogP contribution in [0.15, 0.2) is 30.3 Å². The summed E-state index contributed by atoms with van der Waals surface area (Å²) in [5.41, 5.74) is 1.35. The van der Waals surface area contributed by atoms with E-state index < -0.39 is 0 Å². The zero-order chi connectivity index (χ0) is 12.3. The lowest BCUT2D eigenvalue weighted by molar-refractivity contribution is -0.128. The second kappa shape index (κ2) is 8.58. The monoisotopic (exact) mass is 236 g/mol. The van der Waals surface area contributed by atoms with Crippen LogP contribution in [0.3, 0.4) is 0 Å². The van der Waals surface area contributed by atoms with Gasteiger partial charge in [-0.2, -0.15) is 0 Å². The summed E-state index contributed by atoms with van der Waals surface area (Å²) < 4.78 is 4.15. The SMILES string of the molecule is CCOC=O.c1ccc(N2CCNCC2)cc1. The van der Waals surface area contributed by atoms with Gasteiger partial charge in [-0.3, -0.25) is 4.79 Å². The topological polar surface area (TPSA) is 41.6 Å². The molecule has 1 aliphatic rings. The van der Waals surface area contributed by atoms with Gasteiger partial charge < -0.3 is 15.0 Å². The number of nitrogens with one attached hydrogen (secondary N) is 1. The summed E-state index contributed by atoms with van der Waals surface area (Å²) in [5.74, 6) is 0. The molecule has 1 heterocycles. The number of nitrogens with zero attached hydrogens (tertiary/aromatic N) is 1. The van der Waals surface area contributed by atoms with Gasteiger partial charge in [-0.25, -0.2) is 0 Å². The predicted molar refractivity (Wildman–Crippen MR) is 69.2 cm³/mol. The summed E-state index contributed by atoms with van der Waals surface area (Å²) in [4.78, 5) is 11.6. The lowest BCUT2D eigenvalue weighted by Gasteiger charge is -2.29. The number of ether oxygens (including phenoxy) is 1. The highest BCUT2D eigenvalue weighted by molar-refractivity contribution is 5.46. The summed E-state index contributed by atoms with van der Waals surface area (Å²) in [7, 11) is 0. The lowest BCUT2D eigenvalue weighted by Crippen LogP contribution is -2.43. The zero-order valence-corrected chi connectivity index (χ0v) is 10.3. The Morgan fingerprint density at radius 2 is 1.94 bits per heavy atom. The molecule has 1 aromatic rings.